The van der Waals surface area contributed by atoms with Gasteiger partial charge in [0.25, 0.3) is 0 Å². The number of aryl methyl sites for hydroxylation is 1. The van der Waals surface area contributed by atoms with Crippen molar-refractivity contribution in [3.05, 3.63) is 64.3 Å². The van der Waals surface area contributed by atoms with Gasteiger partial charge in [-0.15, -0.1) is 0 Å². The minimum Gasteiger partial charge on any atom is -0.361 e. The molecule has 158 valence electrons. The third-order valence-corrected chi connectivity index (χ3v) is 8.28. The summed E-state index contributed by atoms with van der Waals surface area (Å²) in [4.78, 5) is 17.6. The first-order valence-corrected chi connectivity index (χ1v) is 11.8. The van der Waals surface area contributed by atoms with Crippen LogP contribution in [0.5, 0.6) is 0 Å². The Hall–Kier alpha value is -2.06. The summed E-state index contributed by atoms with van der Waals surface area (Å²) in [6.45, 7) is 1.16. The van der Waals surface area contributed by atoms with Crippen molar-refractivity contribution >= 4 is 50.0 Å². The predicted octanol–water partition coefficient (Wildman–Crippen LogP) is 3.94. The Labute approximate surface area is 185 Å². The highest BCUT2D eigenvalue weighted by Crippen LogP contribution is 2.31. The second-order valence-corrected chi connectivity index (χ2v) is 9.89. The highest BCUT2D eigenvalue weighted by atomic mass is 35.5. The zero-order valence-electron chi connectivity index (χ0n) is 16.1. The van der Waals surface area contributed by atoms with Crippen LogP contribution in [0.2, 0.25) is 10.0 Å². The highest BCUT2D eigenvalue weighted by Gasteiger charge is 2.31. The second kappa shape index (κ2) is 8.59. The van der Waals surface area contributed by atoms with Crippen LogP contribution >= 0.6 is 23.2 Å². The van der Waals surface area contributed by atoms with Crippen molar-refractivity contribution in [2.75, 3.05) is 26.2 Å². The first kappa shape index (κ1) is 21.2. The van der Waals surface area contributed by atoms with E-state index in [-0.39, 0.29) is 33.9 Å². The molecule has 0 unspecified atom stereocenters. The first-order valence-electron chi connectivity index (χ1n) is 9.65. The minimum absolute atomic E-state index is 0.00391. The number of hydrogen-bond acceptors (Lipinski definition) is 3. The van der Waals surface area contributed by atoms with E-state index in [0.717, 1.165) is 16.5 Å². The van der Waals surface area contributed by atoms with Crippen LogP contribution < -0.4 is 0 Å². The minimum atomic E-state index is -3.76. The van der Waals surface area contributed by atoms with Gasteiger partial charge in [0.2, 0.25) is 15.9 Å². The van der Waals surface area contributed by atoms with Crippen molar-refractivity contribution in [3.63, 3.8) is 0 Å². The summed E-state index contributed by atoms with van der Waals surface area (Å²) in [5, 5.41) is 1.35. The number of amides is 1. The van der Waals surface area contributed by atoms with E-state index >= 15 is 0 Å². The summed E-state index contributed by atoms with van der Waals surface area (Å²) in [5.74, 6) is 0.0260. The third kappa shape index (κ3) is 4.07. The molecule has 1 amide bonds. The van der Waals surface area contributed by atoms with E-state index in [1.165, 1.54) is 10.4 Å². The van der Waals surface area contributed by atoms with Crippen LogP contribution in [0.15, 0.2) is 53.6 Å². The van der Waals surface area contributed by atoms with Gasteiger partial charge in [0.15, 0.2) is 0 Å². The number of hydrogen-bond donors (Lipinski definition) is 1. The Kier molecular flexibility index (Phi) is 6.06. The van der Waals surface area contributed by atoms with Crippen molar-refractivity contribution < 1.29 is 13.2 Å². The number of halogens is 2. The van der Waals surface area contributed by atoms with Gasteiger partial charge >= 0.3 is 0 Å². The molecule has 1 N–H and O–H groups in total. The molecule has 2 heterocycles. The second-order valence-electron chi connectivity index (χ2n) is 7.20. The lowest BCUT2D eigenvalue weighted by Crippen LogP contribution is -2.50. The Balaban J connectivity index is 1.37. The molecule has 9 heteroatoms. The number of carbonyl (C=O) groups excluding carboxylic acids is 1. The van der Waals surface area contributed by atoms with Crippen LogP contribution in [0.4, 0.5) is 0 Å². The summed E-state index contributed by atoms with van der Waals surface area (Å²) in [7, 11) is -3.76. The van der Waals surface area contributed by atoms with Gasteiger partial charge in [0.05, 0.1) is 10.0 Å². The molecule has 1 aliphatic heterocycles. The molecule has 6 nitrogen and oxygen atoms in total. The summed E-state index contributed by atoms with van der Waals surface area (Å²) < 4.78 is 27.2. The van der Waals surface area contributed by atoms with E-state index in [1.807, 2.05) is 30.5 Å². The number of nitrogens with one attached hydrogen (secondary N) is 1. The lowest BCUT2D eigenvalue weighted by Gasteiger charge is -2.34. The summed E-state index contributed by atoms with van der Waals surface area (Å²) in [5.41, 5.74) is 2.16. The number of piperazine rings is 1. The van der Waals surface area contributed by atoms with Gasteiger partial charge < -0.3 is 9.88 Å². The SMILES string of the molecule is O=C(CCc1c[nH]c2ccccc12)N1CCN(S(=O)(=O)c2cccc(Cl)c2Cl)CC1. The van der Waals surface area contributed by atoms with Crippen molar-refractivity contribution in [2.24, 2.45) is 0 Å². The molecule has 0 radical (unpaired) electrons. The zero-order chi connectivity index (χ0) is 21.3. The van der Waals surface area contributed by atoms with E-state index < -0.39 is 10.0 Å². The molecular weight excluding hydrogens is 445 g/mol. The number of aromatic nitrogens is 1. The number of carbonyl (C=O) groups is 1. The van der Waals surface area contributed by atoms with Crippen molar-refractivity contribution in [3.8, 4) is 0 Å². The van der Waals surface area contributed by atoms with E-state index in [0.29, 0.717) is 25.9 Å². The van der Waals surface area contributed by atoms with Crippen molar-refractivity contribution in [2.45, 2.75) is 17.7 Å². The van der Waals surface area contributed by atoms with E-state index in [4.69, 9.17) is 23.2 Å². The molecule has 0 spiro atoms. The topological polar surface area (TPSA) is 73.5 Å². The monoisotopic (exact) mass is 465 g/mol. The largest absolute Gasteiger partial charge is 0.361 e. The Morgan fingerprint density at radius 2 is 1.73 bits per heavy atom. The van der Waals surface area contributed by atoms with Gasteiger partial charge in [0.1, 0.15) is 4.90 Å². The van der Waals surface area contributed by atoms with Crippen LogP contribution in [0.25, 0.3) is 10.9 Å². The molecular formula is C21H21Cl2N3O3S. The summed E-state index contributed by atoms with van der Waals surface area (Å²) >= 11 is 12.1. The highest BCUT2D eigenvalue weighted by molar-refractivity contribution is 7.89. The van der Waals surface area contributed by atoms with Gasteiger partial charge in [-0.1, -0.05) is 47.5 Å². The van der Waals surface area contributed by atoms with Crippen LogP contribution in [-0.2, 0) is 21.2 Å². The molecule has 1 saturated heterocycles. The number of aromatic amines is 1. The Morgan fingerprint density at radius 3 is 2.50 bits per heavy atom. The number of fused-ring (bicyclic) bond motifs is 1. The molecule has 1 aliphatic rings. The average Bonchev–Trinajstić information content (AvgIpc) is 3.17. The van der Waals surface area contributed by atoms with Gasteiger partial charge in [-0.3, -0.25) is 4.79 Å². The molecule has 30 heavy (non-hydrogen) atoms. The Morgan fingerprint density at radius 1 is 1.00 bits per heavy atom. The van der Waals surface area contributed by atoms with Crippen LogP contribution in [0.3, 0.4) is 0 Å². The smallest absolute Gasteiger partial charge is 0.244 e. The van der Waals surface area contributed by atoms with E-state index in [2.05, 4.69) is 4.98 Å². The molecule has 1 fully saturated rings. The summed E-state index contributed by atoms with van der Waals surface area (Å²) in [6.07, 6.45) is 2.96. The maximum Gasteiger partial charge on any atom is 0.244 e. The molecule has 2 aromatic carbocycles. The molecule has 0 atom stereocenters. The lowest BCUT2D eigenvalue weighted by molar-refractivity contribution is -0.132. The summed E-state index contributed by atoms with van der Waals surface area (Å²) in [6, 6.07) is 12.6. The molecule has 1 aromatic heterocycles. The average molecular weight is 466 g/mol. The predicted molar refractivity (Wildman–Crippen MR) is 118 cm³/mol. The first-order chi connectivity index (χ1) is 14.4. The third-order valence-electron chi connectivity index (χ3n) is 5.41. The van der Waals surface area contributed by atoms with Gasteiger partial charge in [-0.25, -0.2) is 8.42 Å². The molecule has 0 bridgehead atoms. The standard InChI is InChI=1S/C21H21Cl2N3O3S/c22-17-5-3-7-19(21(17)23)30(28,29)26-12-10-25(11-13-26)20(27)9-8-15-14-24-18-6-2-1-4-16(15)18/h1-7,14,24H,8-13H2. The molecule has 4 rings (SSSR count). The number of benzene rings is 2. The van der Waals surface area contributed by atoms with E-state index in [9.17, 15) is 13.2 Å². The maximum absolute atomic E-state index is 12.9. The lowest BCUT2D eigenvalue weighted by atomic mass is 10.1. The molecule has 0 saturated carbocycles. The molecule has 0 aliphatic carbocycles. The number of rotatable bonds is 5. The number of sulfonamides is 1. The van der Waals surface area contributed by atoms with Crippen LogP contribution in [-0.4, -0.2) is 54.7 Å². The number of nitrogens with zero attached hydrogens (tertiary/aromatic N) is 2. The van der Waals surface area contributed by atoms with Crippen LogP contribution in [0.1, 0.15) is 12.0 Å². The maximum atomic E-state index is 12.9. The van der Waals surface area contributed by atoms with Crippen molar-refractivity contribution in [1.29, 1.82) is 0 Å². The number of para-hydroxylation sites is 1. The normalized spacial score (nSPS) is 15.6. The molecule has 3 aromatic rings. The van der Waals surface area contributed by atoms with Gasteiger partial charge in [-0.2, -0.15) is 4.31 Å². The Bertz CT molecular complexity index is 1190. The fourth-order valence-corrected chi connectivity index (χ4v) is 5.90. The number of H-pyrrole nitrogens is 1. The quantitative estimate of drug-likeness (QED) is 0.619. The fraction of sp³-hybridized carbons (Fsp3) is 0.286. The fourth-order valence-electron chi connectivity index (χ4n) is 3.74. The van der Waals surface area contributed by atoms with Gasteiger partial charge in [-0.05, 0) is 30.2 Å². The van der Waals surface area contributed by atoms with Crippen LogP contribution in [0, 0.1) is 0 Å². The van der Waals surface area contributed by atoms with E-state index in [1.54, 1.807) is 17.0 Å². The van der Waals surface area contributed by atoms with Crippen molar-refractivity contribution in [1.82, 2.24) is 14.2 Å². The van der Waals surface area contributed by atoms with Gasteiger partial charge in [0, 0.05) is 49.7 Å². The zero-order valence-corrected chi connectivity index (χ0v) is 18.5.